The van der Waals surface area contributed by atoms with Gasteiger partial charge in [-0.1, -0.05) is 48.5 Å². The standard InChI is InChI=1S/C25H23N3O3/c1-18-9-8-12-20(17-18)31-16-15-27(2)25(30)23-21-13-6-7-14-22(21)24(29)28(26-23)19-10-4-3-5-11-19/h3-14,17H,15-16H2,1-2H3. The molecule has 0 radical (unpaired) electrons. The lowest BCUT2D eigenvalue weighted by molar-refractivity contribution is 0.0768. The quantitative estimate of drug-likeness (QED) is 0.482. The predicted molar refractivity (Wildman–Crippen MR) is 121 cm³/mol. The van der Waals surface area contributed by atoms with Gasteiger partial charge in [0.15, 0.2) is 5.69 Å². The van der Waals surface area contributed by atoms with Gasteiger partial charge < -0.3 is 9.64 Å². The zero-order valence-electron chi connectivity index (χ0n) is 17.5. The number of ether oxygens (including phenoxy) is 1. The van der Waals surface area contributed by atoms with E-state index in [-0.39, 0.29) is 17.2 Å². The Balaban J connectivity index is 1.62. The Hall–Kier alpha value is -3.93. The van der Waals surface area contributed by atoms with E-state index in [2.05, 4.69) is 5.10 Å². The lowest BCUT2D eigenvalue weighted by atomic mass is 10.1. The Morgan fingerprint density at radius 3 is 2.42 bits per heavy atom. The fourth-order valence-electron chi connectivity index (χ4n) is 3.38. The molecule has 0 bridgehead atoms. The highest BCUT2D eigenvalue weighted by Crippen LogP contribution is 2.17. The second kappa shape index (κ2) is 8.83. The lowest BCUT2D eigenvalue weighted by Crippen LogP contribution is -2.34. The molecule has 0 fully saturated rings. The molecule has 1 aromatic heterocycles. The van der Waals surface area contributed by atoms with Crippen LogP contribution in [0.4, 0.5) is 0 Å². The molecule has 31 heavy (non-hydrogen) atoms. The number of hydrogen-bond donors (Lipinski definition) is 0. The van der Waals surface area contributed by atoms with Crippen LogP contribution in [0, 0.1) is 6.92 Å². The summed E-state index contributed by atoms with van der Waals surface area (Å²) in [7, 11) is 1.70. The molecule has 4 rings (SSSR count). The van der Waals surface area contributed by atoms with E-state index in [4.69, 9.17) is 4.74 Å². The molecular weight excluding hydrogens is 390 g/mol. The van der Waals surface area contributed by atoms with Crippen LogP contribution in [0.5, 0.6) is 5.75 Å². The maximum atomic E-state index is 13.2. The molecule has 6 heteroatoms. The minimum atomic E-state index is -0.270. The summed E-state index contributed by atoms with van der Waals surface area (Å²) in [5, 5.41) is 5.43. The molecule has 0 aliphatic heterocycles. The summed E-state index contributed by atoms with van der Waals surface area (Å²) in [5.41, 5.74) is 1.69. The number of rotatable bonds is 6. The Morgan fingerprint density at radius 1 is 0.968 bits per heavy atom. The number of hydrogen-bond acceptors (Lipinski definition) is 4. The Morgan fingerprint density at radius 2 is 1.68 bits per heavy atom. The Kier molecular flexibility index (Phi) is 5.80. The summed E-state index contributed by atoms with van der Waals surface area (Å²) in [4.78, 5) is 27.8. The van der Waals surface area contributed by atoms with Crippen LogP contribution < -0.4 is 10.3 Å². The molecule has 0 aliphatic carbocycles. The van der Waals surface area contributed by atoms with Gasteiger partial charge in [-0.3, -0.25) is 9.59 Å². The van der Waals surface area contributed by atoms with Crippen molar-refractivity contribution in [3.8, 4) is 11.4 Å². The summed E-state index contributed by atoms with van der Waals surface area (Å²) in [6.45, 7) is 2.73. The molecule has 156 valence electrons. The van der Waals surface area contributed by atoms with Crippen molar-refractivity contribution in [3.63, 3.8) is 0 Å². The molecule has 0 saturated carbocycles. The van der Waals surface area contributed by atoms with Crippen LogP contribution in [-0.2, 0) is 0 Å². The SMILES string of the molecule is Cc1cccc(OCCN(C)C(=O)c2nn(-c3ccccc3)c(=O)c3ccccc23)c1. The monoisotopic (exact) mass is 413 g/mol. The van der Waals surface area contributed by atoms with Crippen LogP contribution >= 0.6 is 0 Å². The van der Waals surface area contributed by atoms with E-state index < -0.39 is 0 Å². The predicted octanol–water partition coefficient (Wildman–Crippen LogP) is 3.85. The summed E-state index contributed by atoms with van der Waals surface area (Å²) < 4.78 is 7.06. The van der Waals surface area contributed by atoms with E-state index in [1.165, 1.54) is 4.68 Å². The van der Waals surface area contributed by atoms with E-state index in [1.807, 2.05) is 49.4 Å². The average molecular weight is 413 g/mol. The number of carbonyl (C=O) groups is 1. The third-order valence-corrected chi connectivity index (χ3v) is 5.04. The second-order valence-electron chi connectivity index (χ2n) is 7.34. The summed E-state index contributed by atoms with van der Waals surface area (Å²) >= 11 is 0. The highest BCUT2D eigenvalue weighted by atomic mass is 16.5. The van der Waals surface area contributed by atoms with Gasteiger partial charge in [0, 0.05) is 12.4 Å². The number of para-hydroxylation sites is 1. The van der Waals surface area contributed by atoms with Crippen molar-refractivity contribution in [2.75, 3.05) is 20.2 Å². The molecule has 0 aliphatic rings. The number of nitrogens with zero attached hydrogens (tertiary/aromatic N) is 3. The number of carbonyl (C=O) groups excluding carboxylic acids is 1. The van der Waals surface area contributed by atoms with E-state index in [1.54, 1.807) is 48.3 Å². The number of benzene rings is 3. The molecule has 1 heterocycles. The van der Waals surface area contributed by atoms with Gasteiger partial charge in [-0.15, -0.1) is 0 Å². The van der Waals surface area contributed by atoms with Crippen molar-refractivity contribution in [2.24, 2.45) is 0 Å². The lowest BCUT2D eigenvalue weighted by Gasteiger charge is -2.19. The van der Waals surface area contributed by atoms with Crippen molar-refractivity contribution < 1.29 is 9.53 Å². The Bertz CT molecular complexity index is 1280. The van der Waals surface area contributed by atoms with Crippen LogP contribution in [0.15, 0.2) is 83.7 Å². The van der Waals surface area contributed by atoms with Gasteiger partial charge in [0.2, 0.25) is 0 Å². The van der Waals surface area contributed by atoms with E-state index in [0.29, 0.717) is 29.6 Å². The van der Waals surface area contributed by atoms with Crippen molar-refractivity contribution >= 4 is 16.7 Å². The molecule has 0 N–H and O–H groups in total. The number of likely N-dealkylation sites (N-methyl/N-ethyl adjacent to an activating group) is 1. The summed E-state index contributed by atoms with van der Waals surface area (Å²) in [5.74, 6) is 0.496. The van der Waals surface area contributed by atoms with Crippen molar-refractivity contribution in [2.45, 2.75) is 6.92 Å². The third kappa shape index (κ3) is 4.33. The number of aryl methyl sites for hydroxylation is 1. The van der Waals surface area contributed by atoms with Crippen molar-refractivity contribution in [1.29, 1.82) is 0 Å². The first-order valence-electron chi connectivity index (χ1n) is 10.1. The molecule has 0 atom stereocenters. The van der Waals surface area contributed by atoms with Gasteiger partial charge >= 0.3 is 0 Å². The van der Waals surface area contributed by atoms with Gasteiger partial charge in [-0.25, -0.2) is 0 Å². The average Bonchev–Trinajstić information content (AvgIpc) is 2.79. The molecular formula is C25H23N3O3. The number of aromatic nitrogens is 2. The zero-order chi connectivity index (χ0) is 21.8. The maximum Gasteiger partial charge on any atom is 0.279 e. The maximum absolute atomic E-state index is 13.2. The van der Waals surface area contributed by atoms with E-state index in [9.17, 15) is 9.59 Å². The largest absolute Gasteiger partial charge is 0.492 e. The minimum Gasteiger partial charge on any atom is -0.492 e. The molecule has 1 amide bonds. The zero-order valence-corrected chi connectivity index (χ0v) is 17.5. The first-order valence-corrected chi connectivity index (χ1v) is 10.1. The molecule has 0 spiro atoms. The topological polar surface area (TPSA) is 64.4 Å². The van der Waals surface area contributed by atoms with Crippen LogP contribution in [0.2, 0.25) is 0 Å². The van der Waals surface area contributed by atoms with Crippen molar-refractivity contribution in [1.82, 2.24) is 14.7 Å². The highest BCUT2D eigenvalue weighted by molar-refractivity contribution is 6.04. The normalized spacial score (nSPS) is 10.8. The fraction of sp³-hybridized carbons (Fsp3) is 0.160. The van der Waals surface area contributed by atoms with Gasteiger partial charge in [-0.2, -0.15) is 9.78 Å². The van der Waals surface area contributed by atoms with Crippen LogP contribution in [0.25, 0.3) is 16.5 Å². The summed E-state index contributed by atoms with van der Waals surface area (Å²) in [6.07, 6.45) is 0. The minimum absolute atomic E-state index is 0.233. The van der Waals surface area contributed by atoms with Crippen LogP contribution in [0.3, 0.4) is 0 Å². The van der Waals surface area contributed by atoms with Crippen LogP contribution in [0.1, 0.15) is 16.1 Å². The third-order valence-electron chi connectivity index (χ3n) is 5.04. The van der Waals surface area contributed by atoms with Gasteiger partial charge in [-0.05, 0) is 42.8 Å². The molecule has 3 aromatic carbocycles. The van der Waals surface area contributed by atoms with Gasteiger partial charge in [0.25, 0.3) is 11.5 Å². The smallest absolute Gasteiger partial charge is 0.279 e. The second-order valence-corrected chi connectivity index (χ2v) is 7.34. The molecule has 0 saturated heterocycles. The van der Waals surface area contributed by atoms with E-state index >= 15 is 0 Å². The van der Waals surface area contributed by atoms with Crippen LogP contribution in [-0.4, -0.2) is 40.8 Å². The van der Waals surface area contributed by atoms with Gasteiger partial charge in [0.05, 0.1) is 17.6 Å². The Labute approximate surface area is 180 Å². The van der Waals surface area contributed by atoms with E-state index in [0.717, 1.165) is 11.3 Å². The number of amides is 1. The molecule has 4 aromatic rings. The fourth-order valence-corrected chi connectivity index (χ4v) is 3.38. The molecule has 0 unspecified atom stereocenters. The summed E-state index contributed by atoms with van der Waals surface area (Å²) in [6, 6.07) is 23.9. The molecule has 6 nitrogen and oxygen atoms in total. The van der Waals surface area contributed by atoms with Crippen molar-refractivity contribution in [3.05, 3.63) is 100 Å². The first kappa shape index (κ1) is 20.3. The number of fused-ring (bicyclic) bond motifs is 1. The van der Waals surface area contributed by atoms with Gasteiger partial charge in [0.1, 0.15) is 12.4 Å². The first-order chi connectivity index (χ1) is 15.0. The highest BCUT2D eigenvalue weighted by Gasteiger charge is 2.20.